The first-order valence-corrected chi connectivity index (χ1v) is 10.6. The van der Waals surface area contributed by atoms with Crippen molar-refractivity contribution in [1.82, 2.24) is 10.6 Å². The lowest BCUT2D eigenvalue weighted by atomic mass is 9.86. The summed E-state index contributed by atoms with van der Waals surface area (Å²) in [7, 11) is 1.67. The molecule has 1 fully saturated rings. The van der Waals surface area contributed by atoms with Crippen LogP contribution in [0.15, 0.2) is 42.5 Å². The van der Waals surface area contributed by atoms with E-state index in [-0.39, 0.29) is 5.56 Å². The van der Waals surface area contributed by atoms with Crippen LogP contribution in [0.5, 0.6) is 5.75 Å². The van der Waals surface area contributed by atoms with Crippen LogP contribution >= 0.6 is 0 Å². The SMILES string of the molecule is COc1ccccc1CN[C@H]1CC[C@@H](CNC(=O)c2cc(C)cc(C(F)(F)F)c2)CC1. The highest BCUT2D eigenvalue weighted by Crippen LogP contribution is 2.31. The second-order valence-electron chi connectivity index (χ2n) is 8.21. The second kappa shape index (κ2) is 10.2. The van der Waals surface area contributed by atoms with E-state index in [0.717, 1.165) is 55.7 Å². The summed E-state index contributed by atoms with van der Waals surface area (Å²) in [5.41, 5.74) is 0.802. The van der Waals surface area contributed by atoms with Gasteiger partial charge in [0.05, 0.1) is 12.7 Å². The molecule has 168 valence electrons. The first-order valence-electron chi connectivity index (χ1n) is 10.6. The molecule has 0 radical (unpaired) electrons. The van der Waals surface area contributed by atoms with Gasteiger partial charge in [-0.1, -0.05) is 18.2 Å². The number of nitrogens with one attached hydrogen (secondary N) is 2. The summed E-state index contributed by atoms with van der Waals surface area (Å²) in [5, 5.41) is 6.40. The molecule has 31 heavy (non-hydrogen) atoms. The van der Waals surface area contributed by atoms with E-state index in [4.69, 9.17) is 4.74 Å². The molecular formula is C24H29F3N2O2. The van der Waals surface area contributed by atoms with Crippen molar-refractivity contribution in [3.63, 3.8) is 0 Å². The first-order chi connectivity index (χ1) is 14.8. The van der Waals surface area contributed by atoms with Crippen LogP contribution in [0.1, 0.15) is 52.7 Å². The predicted octanol–water partition coefficient (Wildman–Crippen LogP) is 5.10. The number of rotatable bonds is 7. The van der Waals surface area contributed by atoms with Gasteiger partial charge in [-0.15, -0.1) is 0 Å². The third-order valence-corrected chi connectivity index (χ3v) is 5.84. The number of hydrogen-bond acceptors (Lipinski definition) is 3. The highest BCUT2D eigenvalue weighted by atomic mass is 19.4. The first kappa shape index (κ1) is 23.1. The number of benzene rings is 2. The molecule has 0 bridgehead atoms. The highest BCUT2D eigenvalue weighted by molar-refractivity contribution is 5.94. The minimum atomic E-state index is -4.46. The Hall–Kier alpha value is -2.54. The Kier molecular flexibility index (Phi) is 7.59. The Balaban J connectivity index is 1.45. The molecular weight excluding hydrogens is 405 g/mol. The number of carbonyl (C=O) groups excluding carboxylic acids is 1. The van der Waals surface area contributed by atoms with Gasteiger partial charge in [0, 0.05) is 30.3 Å². The Bertz CT molecular complexity index is 891. The number of amides is 1. The smallest absolute Gasteiger partial charge is 0.416 e. The maximum absolute atomic E-state index is 13.0. The van der Waals surface area contributed by atoms with E-state index in [1.807, 2.05) is 24.3 Å². The summed E-state index contributed by atoms with van der Waals surface area (Å²) >= 11 is 0. The molecule has 0 aliphatic heterocycles. The van der Waals surface area contributed by atoms with Crippen LogP contribution in [0, 0.1) is 12.8 Å². The van der Waals surface area contributed by atoms with Gasteiger partial charge in [0.1, 0.15) is 5.75 Å². The average molecular weight is 435 g/mol. The molecule has 0 heterocycles. The molecule has 1 saturated carbocycles. The van der Waals surface area contributed by atoms with Gasteiger partial charge in [-0.3, -0.25) is 4.79 Å². The van der Waals surface area contributed by atoms with Crippen LogP contribution in [0.4, 0.5) is 13.2 Å². The van der Waals surface area contributed by atoms with E-state index in [0.29, 0.717) is 24.1 Å². The van der Waals surface area contributed by atoms with E-state index in [1.165, 1.54) is 6.07 Å². The molecule has 7 heteroatoms. The summed E-state index contributed by atoms with van der Waals surface area (Å²) in [6.45, 7) is 2.78. The van der Waals surface area contributed by atoms with Crippen molar-refractivity contribution < 1.29 is 22.7 Å². The lowest BCUT2D eigenvalue weighted by Crippen LogP contribution is -2.36. The number of para-hydroxylation sites is 1. The third kappa shape index (κ3) is 6.47. The van der Waals surface area contributed by atoms with E-state index < -0.39 is 17.6 Å². The summed E-state index contributed by atoms with van der Waals surface area (Å²) in [6, 6.07) is 11.8. The van der Waals surface area contributed by atoms with Crippen LogP contribution in [0.25, 0.3) is 0 Å². The minimum Gasteiger partial charge on any atom is -0.496 e. The second-order valence-corrected chi connectivity index (χ2v) is 8.21. The third-order valence-electron chi connectivity index (χ3n) is 5.84. The maximum Gasteiger partial charge on any atom is 0.416 e. The maximum atomic E-state index is 13.0. The van der Waals surface area contributed by atoms with Crippen molar-refractivity contribution in [2.75, 3.05) is 13.7 Å². The molecule has 2 aromatic carbocycles. The van der Waals surface area contributed by atoms with Crippen LogP contribution in [0.3, 0.4) is 0 Å². The fraction of sp³-hybridized carbons (Fsp3) is 0.458. The zero-order chi connectivity index (χ0) is 22.4. The number of carbonyl (C=O) groups is 1. The van der Waals surface area contributed by atoms with Gasteiger partial charge < -0.3 is 15.4 Å². The molecule has 0 atom stereocenters. The molecule has 2 aromatic rings. The van der Waals surface area contributed by atoms with Crippen molar-refractivity contribution in [3.05, 3.63) is 64.7 Å². The normalized spacial score (nSPS) is 19.1. The molecule has 0 aromatic heterocycles. The van der Waals surface area contributed by atoms with Crippen molar-refractivity contribution >= 4 is 5.91 Å². The average Bonchev–Trinajstić information content (AvgIpc) is 2.76. The van der Waals surface area contributed by atoms with E-state index in [2.05, 4.69) is 10.6 Å². The summed E-state index contributed by atoms with van der Waals surface area (Å²) in [6.07, 6.45) is -0.538. The van der Waals surface area contributed by atoms with Crippen molar-refractivity contribution in [3.8, 4) is 5.75 Å². The van der Waals surface area contributed by atoms with Crippen LogP contribution < -0.4 is 15.4 Å². The molecule has 1 amide bonds. The van der Waals surface area contributed by atoms with E-state index in [9.17, 15) is 18.0 Å². The largest absolute Gasteiger partial charge is 0.496 e. The highest BCUT2D eigenvalue weighted by Gasteiger charge is 2.31. The molecule has 0 saturated heterocycles. The van der Waals surface area contributed by atoms with Gasteiger partial charge in [0.25, 0.3) is 5.91 Å². The zero-order valence-corrected chi connectivity index (χ0v) is 17.9. The van der Waals surface area contributed by atoms with Crippen molar-refractivity contribution in [1.29, 1.82) is 0 Å². The fourth-order valence-electron chi connectivity index (χ4n) is 4.09. The molecule has 3 rings (SSSR count). The van der Waals surface area contributed by atoms with Crippen LogP contribution in [-0.4, -0.2) is 25.6 Å². The molecule has 0 spiro atoms. The number of halogens is 3. The molecule has 2 N–H and O–H groups in total. The Labute approximate surface area is 181 Å². The minimum absolute atomic E-state index is 0.0551. The van der Waals surface area contributed by atoms with Crippen molar-refractivity contribution in [2.45, 2.75) is 51.4 Å². The quantitative estimate of drug-likeness (QED) is 0.637. The van der Waals surface area contributed by atoms with Crippen molar-refractivity contribution in [2.24, 2.45) is 5.92 Å². The molecule has 1 aliphatic rings. The van der Waals surface area contributed by atoms with Crippen LogP contribution in [-0.2, 0) is 12.7 Å². The Morgan fingerprint density at radius 1 is 1.10 bits per heavy atom. The summed E-state index contributed by atoms with van der Waals surface area (Å²) in [5.74, 6) is 0.752. The number of ether oxygens (including phenoxy) is 1. The van der Waals surface area contributed by atoms with Gasteiger partial charge >= 0.3 is 6.18 Å². The number of hydrogen-bond donors (Lipinski definition) is 2. The molecule has 0 unspecified atom stereocenters. The summed E-state index contributed by atoms with van der Waals surface area (Å²) < 4.78 is 44.4. The monoisotopic (exact) mass is 434 g/mol. The number of methoxy groups -OCH3 is 1. The number of alkyl halides is 3. The van der Waals surface area contributed by atoms with E-state index in [1.54, 1.807) is 14.0 Å². The lowest BCUT2D eigenvalue weighted by Gasteiger charge is -2.29. The summed E-state index contributed by atoms with van der Waals surface area (Å²) in [4.78, 5) is 12.4. The number of aryl methyl sites for hydroxylation is 1. The molecule has 4 nitrogen and oxygen atoms in total. The standard InChI is InChI=1S/C24H29F3N2O2/c1-16-11-19(13-20(12-16)24(25,26)27)23(30)29-14-17-7-9-21(10-8-17)28-15-18-5-3-4-6-22(18)31-2/h3-6,11-13,17,21,28H,7-10,14-15H2,1-2H3,(H,29,30)/t17-,21+. The zero-order valence-electron chi connectivity index (χ0n) is 17.9. The Morgan fingerprint density at radius 2 is 1.81 bits per heavy atom. The van der Waals surface area contributed by atoms with Gasteiger partial charge in [-0.25, -0.2) is 0 Å². The van der Waals surface area contributed by atoms with Gasteiger partial charge in [0.15, 0.2) is 0 Å². The fourth-order valence-corrected chi connectivity index (χ4v) is 4.09. The van der Waals surface area contributed by atoms with E-state index >= 15 is 0 Å². The van der Waals surface area contributed by atoms with Gasteiger partial charge in [0.2, 0.25) is 0 Å². The van der Waals surface area contributed by atoms with Gasteiger partial charge in [-0.05, 0) is 68.4 Å². The van der Waals surface area contributed by atoms with Crippen LogP contribution in [0.2, 0.25) is 0 Å². The van der Waals surface area contributed by atoms with Gasteiger partial charge in [-0.2, -0.15) is 13.2 Å². The Morgan fingerprint density at radius 3 is 2.48 bits per heavy atom. The predicted molar refractivity (Wildman–Crippen MR) is 114 cm³/mol. The topological polar surface area (TPSA) is 50.4 Å². The molecule has 1 aliphatic carbocycles. The lowest BCUT2D eigenvalue weighted by molar-refractivity contribution is -0.137.